The number of halogens is 1. The average molecular weight is 289 g/mol. The third kappa shape index (κ3) is 3.67. The maximum Gasteiger partial charge on any atom is 0.214 e. The summed E-state index contributed by atoms with van der Waals surface area (Å²) in [5, 5.41) is 0. The van der Waals surface area contributed by atoms with Crippen molar-refractivity contribution >= 4 is 21.6 Å². The Hall–Kier alpha value is -0.650. The third-order valence-electron chi connectivity index (χ3n) is 2.89. The molecule has 1 aromatic heterocycles. The van der Waals surface area contributed by atoms with Crippen molar-refractivity contribution in [3.05, 3.63) is 30.1 Å². The summed E-state index contributed by atoms with van der Waals surface area (Å²) in [5.74, 6) is 0.501. The first-order valence-corrected chi connectivity index (χ1v) is 8.23. The molecule has 1 fully saturated rings. The minimum absolute atomic E-state index is 0.125. The Morgan fingerprint density at radius 1 is 1.39 bits per heavy atom. The van der Waals surface area contributed by atoms with Crippen LogP contribution in [0.3, 0.4) is 0 Å². The van der Waals surface area contributed by atoms with Crippen LogP contribution >= 0.6 is 11.6 Å². The summed E-state index contributed by atoms with van der Waals surface area (Å²) < 4.78 is 26.0. The monoisotopic (exact) mass is 288 g/mol. The third-order valence-corrected chi connectivity index (χ3v) is 5.11. The highest BCUT2D eigenvalue weighted by Crippen LogP contribution is 2.30. The van der Waals surface area contributed by atoms with Crippen LogP contribution in [0.25, 0.3) is 0 Å². The molecule has 6 heteroatoms. The van der Waals surface area contributed by atoms with Crippen LogP contribution in [0.4, 0.5) is 0 Å². The van der Waals surface area contributed by atoms with Gasteiger partial charge in [-0.2, -0.15) is 4.31 Å². The number of nitrogens with zero attached hydrogens (tertiary/aromatic N) is 2. The first-order valence-electron chi connectivity index (χ1n) is 6.09. The zero-order valence-corrected chi connectivity index (χ0v) is 11.7. The van der Waals surface area contributed by atoms with E-state index in [2.05, 4.69) is 4.98 Å². The summed E-state index contributed by atoms with van der Waals surface area (Å²) >= 11 is 5.57. The maximum atomic E-state index is 12.2. The van der Waals surface area contributed by atoms with E-state index in [4.69, 9.17) is 11.6 Å². The van der Waals surface area contributed by atoms with Crippen LogP contribution in [0.1, 0.15) is 25.0 Å². The smallest absolute Gasteiger partial charge is 0.214 e. The molecule has 1 aromatic rings. The zero-order valence-electron chi connectivity index (χ0n) is 10.1. The van der Waals surface area contributed by atoms with E-state index in [-0.39, 0.29) is 11.8 Å². The van der Waals surface area contributed by atoms with Gasteiger partial charge in [0.05, 0.1) is 18.0 Å². The largest absolute Gasteiger partial charge is 0.260 e. The molecular formula is C12H17ClN2O2S. The molecular weight excluding hydrogens is 272 g/mol. The number of aromatic nitrogens is 1. The van der Waals surface area contributed by atoms with Gasteiger partial charge in [-0.05, 0) is 31.4 Å². The predicted octanol–water partition coefficient (Wildman–Crippen LogP) is 2.00. The van der Waals surface area contributed by atoms with E-state index in [1.165, 1.54) is 0 Å². The lowest BCUT2D eigenvalue weighted by atomic mass is 10.3. The molecule has 0 spiro atoms. The molecule has 0 amide bonds. The second-order valence-electron chi connectivity index (χ2n) is 4.46. The molecule has 0 saturated heterocycles. The van der Waals surface area contributed by atoms with E-state index in [1.54, 1.807) is 10.5 Å². The Morgan fingerprint density at radius 2 is 2.17 bits per heavy atom. The number of rotatable bonds is 7. The van der Waals surface area contributed by atoms with Crippen molar-refractivity contribution < 1.29 is 8.42 Å². The lowest BCUT2D eigenvalue weighted by Gasteiger charge is -2.21. The molecule has 18 heavy (non-hydrogen) atoms. The second-order valence-corrected chi connectivity index (χ2v) is 6.88. The predicted molar refractivity (Wildman–Crippen MR) is 71.9 cm³/mol. The van der Waals surface area contributed by atoms with E-state index < -0.39 is 10.0 Å². The van der Waals surface area contributed by atoms with E-state index in [0.29, 0.717) is 18.8 Å². The SMILES string of the molecule is O=S(=O)(CCCCl)N(Cc1ccccn1)C1CC1. The minimum Gasteiger partial charge on any atom is -0.260 e. The quantitative estimate of drug-likeness (QED) is 0.721. The molecule has 0 N–H and O–H groups in total. The fourth-order valence-electron chi connectivity index (χ4n) is 1.82. The summed E-state index contributed by atoms with van der Waals surface area (Å²) in [7, 11) is -3.21. The zero-order chi connectivity index (χ0) is 13.0. The Balaban J connectivity index is 2.09. The molecule has 0 atom stereocenters. The Morgan fingerprint density at radius 3 is 2.72 bits per heavy atom. The lowest BCUT2D eigenvalue weighted by Crippen LogP contribution is -2.34. The average Bonchev–Trinajstić information content (AvgIpc) is 3.19. The van der Waals surface area contributed by atoms with Gasteiger partial charge in [0.2, 0.25) is 10.0 Å². The molecule has 1 aliphatic carbocycles. The summed E-state index contributed by atoms with van der Waals surface area (Å²) in [5.41, 5.74) is 0.791. The molecule has 2 rings (SSSR count). The van der Waals surface area contributed by atoms with Crippen molar-refractivity contribution in [2.45, 2.75) is 31.8 Å². The van der Waals surface area contributed by atoms with Crippen LogP contribution in [-0.4, -0.2) is 35.4 Å². The van der Waals surface area contributed by atoms with Gasteiger partial charge in [0.15, 0.2) is 0 Å². The fraction of sp³-hybridized carbons (Fsp3) is 0.583. The van der Waals surface area contributed by atoms with Crippen molar-refractivity contribution in [2.75, 3.05) is 11.6 Å². The van der Waals surface area contributed by atoms with Crippen molar-refractivity contribution in [3.63, 3.8) is 0 Å². The van der Waals surface area contributed by atoms with Gasteiger partial charge in [-0.3, -0.25) is 4.98 Å². The van der Waals surface area contributed by atoms with Crippen molar-refractivity contribution in [2.24, 2.45) is 0 Å². The van der Waals surface area contributed by atoms with Crippen LogP contribution in [0, 0.1) is 0 Å². The molecule has 0 aromatic carbocycles. The highest BCUT2D eigenvalue weighted by molar-refractivity contribution is 7.89. The topological polar surface area (TPSA) is 50.3 Å². The van der Waals surface area contributed by atoms with Crippen molar-refractivity contribution in [1.82, 2.24) is 9.29 Å². The summed E-state index contributed by atoms with van der Waals surface area (Å²) in [6.45, 7) is 0.371. The van der Waals surface area contributed by atoms with Crippen LogP contribution in [0.15, 0.2) is 24.4 Å². The van der Waals surface area contributed by atoms with E-state index >= 15 is 0 Å². The first-order chi connectivity index (χ1) is 8.63. The fourth-order valence-corrected chi connectivity index (χ4v) is 3.85. The highest BCUT2D eigenvalue weighted by Gasteiger charge is 2.36. The molecule has 0 aliphatic heterocycles. The minimum atomic E-state index is -3.21. The number of alkyl halides is 1. The number of hydrogen-bond donors (Lipinski definition) is 0. The van der Waals surface area contributed by atoms with Crippen LogP contribution in [-0.2, 0) is 16.6 Å². The Kier molecular flexibility index (Phi) is 4.59. The molecule has 0 radical (unpaired) electrons. The standard InChI is InChI=1S/C12H17ClN2O2S/c13-7-3-9-18(16,17)15(12-5-6-12)10-11-4-1-2-8-14-11/h1-2,4,8,12H,3,5-7,9-10H2. The van der Waals surface area contributed by atoms with Gasteiger partial charge in [0.25, 0.3) is 0 Å². The molecule has 1 saturated carbocycles. The van der Waals surface area contributed by atoms with Gasteiger partial charge in [0, 0.05) is 18.1 Å². The van der Waals surface area contributed by atoms with E-state index in [0.717, 1.165) is 18.5 Å². The second kappa shape index (κ2) is 5.99. The number of sulfonamides is 1. The van der Waals surface area contributed by atoms with Gasteiger partial charge in [-0.25, -0.2) is 8.42 Å². The van der Waals surface area contributed by atoms with Gasteiger partial charge in [-0.15, -0.1) is 11.6 Å². The normalized spacial score (nSPS) is 16.1. The van der Waals surface area contributed by atoms with Crippen LogP contribution < -0.4 is 0 Å². The maximum absolute atomic E-state index is 12.2. The van der Waals surface area contributed by atoms with E-state index in [9.17, 15) is 8.42 Å². The Labute approximate surface area is 113 Å². The van der Waals surface area contributed by atoms with Crippen molar-refractivity contribution in [1.29, 1.82) is 0 Å². The van der Waals surface area contributed by atoms with Gasteiger partial charge >= 0.3 is 0 Å². The lowest BCUT2D eigenvalue weighted by molar-refractivity contribution is 0.394. The summed E-state index contributed by atoms with van der Waals surface area (Å²) in [6, 6.07) is 5.71. The molecule has 100 valence electrons. The molecule has 1 aliphatic rings. The summed E-state index contributed by atoms with van der Waals surface area (Å²) in [4.78, 5) is 4.19. The van der Waals surface area contributed by atoms with Crippen LogP contribution in [0.2, 0.25) is 0 Å². The summed E-state index contributed by atoms with van der Waals surface area (Å²) in [6.07, 6.45) is 4.08. The highest BCUT2D eigenvalue weighted by atomic mass is 35.5. The molecule has 4 nitrogen and oxygen atoms in total. The molecule has 0 bridgehead atoms. The number of hydrogen-bond acceptors (Lipinski definition) is 3. The Bertz CT molecular complexity index is 474. The first kappa shape index (κ1) is 13.8. The van der Waals surface area contributed by atoms with Crippen molar-refractivity contribution in [3.8, 4) is 0 Å². The van der Waals surface area contributed by atoms with Gasteiger partial charge < -0.3 is 0 Å². The van der Waals surface area contributed by atoms with E-state index in [1.807, 2.05) is 18.2 Å². The molecule has 1 heterocycles. The molecule has 0 unspecified atom stereocenters. The van der Waals surface area contributed by atoms with Gasteiger partial charge in [-0.1, -0.05) is 6.07 Å². The van der Waals surface area contributed by atoms with Gasteiger partial charge in [0.1, 0.15) is 0 Å². The van der Waals surface area contributed by atoms with Crippen LogP contribution in [0.5, 0.6) is 0 Å². The number of pyridine rings is 1.